The second-order valence-corrected chi connectivity index (χ2v) is 5.68. The predicted molar refractivity (Wildman–Crippen MR) is 78.9 cm³/mol. The van der Waals surface area contributed by atoms with Crippen LogP contribution in [0.25, 0.3) is 0 Å². The quantitative estimate of drug-likeness (QED) is 0.809. The van der Waals surface area contributed by atoms with Crippen molar-refractivity contribution in [3.63, 3.8) is 0 Å². The van der Waals surface area contributed by atoms with E-state index >= 15 is 0 Å². The summed E-state index contributed by atoms with van der Waals surface area (Å²) < 4.78 is 27.0. The highest BCUT2D eigenvalue weighted by Gasteiger charge is 2.09. The molecule has 19 heavy (non-hydrogen) atoms. The Labute approximate surface area is 124 Å². The van der Waals surface area contributed by atoms with Crippen LogP contribution in [0.4, 0.5) is 8.78 Å². The lowest BCUT2D eigenvalue weighted by molar-refractivity contribution is 0.175. The molecule has 0 amide bonds. The third-order valence-corrected chi connectivity index (χ3v) is 3.56. The summed E-state index contributed by atoms with van der Waals surface area (Å²) in [5, 5.41) is 9.97. The van der Waals surface area contributed by atoms with E-state index in [1.807, 2.05) is 24.3 Å². The van der Waals surface area contributed by atoms with E-state index in [4.69, 9.17) is 0 Å². The Bertz CT molecular complexity index is 555. The first-order valence-electron chi connectivity index (χ1n) is 5.91. The fraction of sp³-hybridized carbons (Fsp3) is 0.200. The van der Waals surface area contributed by atoms with E-state index in [0.29, 0.717) is 18.4 Å². The smallest absolute Gasteiger partial charge is 0.159 e. The highest BCUT2D eigenvalue weighted by Crippen LogP contribution is 2.14. The lowest BCUT2D eigenvalue weighted by Gasteiger charge is -2.11. The Morgan fingerprint density at radius 1 is 0.895 bits per heavy atom. The molecule has 1 atom stereocenters. The van der Waals surface area contributed by atoms with Crippen LogP contribution in [0.2, 0.25) is 0 Å². The van der Waals surface area contributed by atoms with E-state index < -0.39 is 17.7 Å². The van der Waals surface area contributed by atoms with Crippen LogP contribution in [0, 0.1) is 15.2 Å². The summed E-state index contributed by atoms with van der Waals surface area (Å²) in [5.41, 5.74) is 1.62. The van der Waals surface area contributed by atoms with Gasteiger partial charge in [0, 0.05) is 3.57 Å². The summed E-state index contributed by atoms with van der Waals surface area (Å²) in [4.78, 5) is 0. The lowest BCUT2D eigenvalue weighted by atomic mass is 10.0. The Morgan fingerprint density at radius 3 is 2.11 bits per heavy atom. The molecule has 1 unspecified atom stereocenters. The van der Waals surface area contributed by atoms with E-state index in [2.05, 4.69) is 22.6 Å². The summed E-state index contributed by atoms with van der Waals surface area (Å²) >= 11 is 2.22. The molecule has 0 saturated heterocycles. The highest BCUT2D eigenvalue weighted by atomic mass is 127. The molecule has 0 heterocycles. The zero-order valence-electron chi connectivity index (χ0n) is 10.1. The van der Waals surface area contributed by atoms with Gasteiger partial charge in [-0.3, -0.25) is 0 Å². The minimum Gasteiger partial charge on any atom is -0.392 e. The molecule has 0 aliphatic rings. The molecular formula is C15H13F2IO. The van der Waals surface area contributed by atoms with Crippen molar-refractivity contribution in [1.82, 2.24) is 0 Å². The molecule has 2 rings (SSSR count). The maximum atomic E-state index is 13.0. The molecule has 2 aromatic rings. The molecule has 0 bridgehead atoms. The monoisotopic (exact) mass is 374 g/mol. The van der Waals surface area contributed by atoms with Crippen molar-refractivity contribution in [3.05, 3.63) is 68.8 Å². The molecule has 100 valence electrons. The first-order valence-corrected chi connectivity index (χ1v) is 6.99. The summed E-state index contributed by atoms with van der Waals surface area (Å²) in [6.07, 6.45) is 0.198. The van der Waals surface area contributed by atoms with Crippen LogP contribution in [-0.2, 0) is 12.8 Å². The third-order valence-electron chi connectivity index (χ3n) is 2.84. The lowest BCUT2D eigenvalue weighted by Crippen LogP contribution is -2.14. The standard InChI is InChI=1S/C15H13F2IO/c16-14-6-3-11(9-15(14)17)8-13(19)7-10-1-4-12(18)5-2-10/h1-6,9,13,19H,7-8H2. The van der Waals surface area contributed by atoms with Crippen LogP contribution in [-0.4, -0.2) is 11.2 Å². The van der Waals surface area contributed by atoms with E-state index in [9.17, 15) is 13.9 Å². The number of benzene rings is 2. The molecule has 1 nitrogen and oxygen atoms in total. The van der Waals surface area contributed by atoms with Gasteiger partial charge in [-0.25, -0.2) is 8.78 Å². The topological polar surface area (TPSA) is 20.2 Å². The normalized spacial score (nSPS) is 12.4. The molecule has 0 radical (unpaired) electrons. The molecule has 1 N–H and O–H groups in total. The number of hydrogen-bond acceptors (Lipinski definition) is 1. The third kappa shape index (κ3) is 4.24. The van der Waals surface area contributed by atoms with Crippen LogP contribution in [0.15, 0.2) is 42.5 Å². The average molecular weight is 374 g/mol. The van der Waals surface area contributed by atoms with Crippen molar-refractivity contribution in [3.8, 4) is 0 Å². The van der Waals surface area contributed by atoms with Gasteiger partial charge in [0.2, 0.25) is 0 Å². The van der Waals surface area contributed by atoms with Gasteiger partial charge in [0.05, 0.1) is 6.10 Å². The van der Waals surface area contributed by atoms with E-state index in [-0.39, 0.29) is 0 Å². The van der Waals surface area contributed by atoms with Crippen molar-refractivity contribution in [2.45, 2.75) is 18.9 Å². The number of hydrogen-bond donors (Lipinski definition) is 1. The molecule has 0 fully saturated rings. The largest absolute Gasteiger partial charge is 0.392 e. The fourth-order valence-electron chi connectivity index (χ4n) is 1.90. The van der Waals surface area contributed by atoms with E-state index in [1.165, 1.54) is 6.07 Å². The Morgan fingerprint density at radius 2 is 1.47 bits per heavy atom. The van der Waals surface area contributed by atoms with Gasteiger partial charge in [0.15, 0.2) is 11.6 Å². The van der Waals surface area contributed by atoms with Crippen LogP contribution in [0.1, 0.15) is 11.1 Å². The molecular weight excluding hydrogens is 361 g/mol. The Hall–Kier alpha value is -1.01. The van der Waals surface area contributed by atoms with E-state index in [1.54, 1.807) is 0 Å². The summed E-state index contributed by atoms with van der Waals surface area (Å²) in [7, 11) is 0. The Balaban J connectivity index is 1.98. The van der Waals surface area contributed by atoms with Crippen molar-refractivity contribution in [1.29, 1.82) is 0 Å². The van der Waals surface area contributed by atoms with Crippen molar-refractivity contribution in [2.24, 2.45) is 0 Å². The number of aliphatic hydroxyl groups is 1. The molecule has 2 aromatic carbocycles. The summed E-state index contributed by atoms with van der Waals surface area (Å²) in [6, 6.07) is 11.6. The second-order valence-electron chi connectivity index (χ2n) is 4.44. The van der Waals surface area contributed by atoms with Gasteiger partial charge in [0.1, 0.15) is 0 Å². The maximum absolute atomic E-state index is 13.0. The van der Waals surface area contributed by atoms with Crippen molar-refractivity contribution in [2.75, 3.05) is 0 Å². The van der Waals surface area contributed by atoms with Gasteiger partial charge in [-0.15, -0.1) is 0 Å². The minimum absolute atomic E-state index is 0.309. The number of aliphatic hydroxyl groups excluding tert-OH is 1. The first kappa shape index (κ1) is 14.4. The summed E-state index contributed by atoms with van der Waals surface area (Å²) in [6.45, 7) is 0. The zero-order chi connectivity index (χ0) is 13.8. The summed E-state index contributed by atoms with van der Waals surface area (Å²) in [5.74, 6) is -1.74. The SMILES string of the molecule is OC(Cc1ccc(I)cc1)Cc1ccc(F)c(F)c1. The van der Waals surface area contributed by atoms with Gasteiger partial charge < -0.3 is 5.11 Å². The molecule has 4 heteroatoms. The fourth-order valence-corrected chi connectivity index (χ4v) is 2.26. The first-order chi connectivity index (χ1) is 9.04. The van der Waals surface area contributed by atoms with Gasteiger partial charge >= 0.3 is 0 Å². The Kier molecular flexibility index (Phi) is 4.87. The molecule has 0 aliphatic heterocycles. The van der Waals surface area contributed by atoms with Gasteiger partial charge in [-0.05, 0) is 70.8 Å². The molecule has 0 aliphatic carbocycles. The van der Waals surface area contributed by atoms with Crippen LogP contribution in [0.3, 0.4) is 0 Å². The second kappa shape index (κ2) is 6.43. The van der Waals surface area contributed by atoms with E-state index in [0.717, 1.165) is 21.3 Å². The van der Waals surface area contributed by atoms with Crippen molar-refractivity contribution >= 4 is 22.6 Å². The van der Waals surface area contributed by atoms with Gasteiger partial charge in [-0.1, -0.05) is 18.2 Å². The van der Waals surface area contributed by atoms with Gasteiger partial charge in [0.25, 0.3) is 0 Å². The minimum atomic E-state index is -0.876. The van der Waals surface area contributed by atoms with Crippen molar-refractivity contribution < 1.29 is 13.9 Å². The number of halogens is 3. The van der Waals surface area contributed by atoms with Crippen LogP contribution in [0.5, 0.6) is 0 Å². The number of rotatable bonds is 4. The predicted octanol–water partition coefficient (Wildman–Crippen LogP) is 3.72. The molecule has 0 spiro atoms. The molecule has 0 aromatic heterocycles. The van der Waals surface area contributed by atoms with Gasteiger partial charge in [-0.2, -0.15) is 0 Å². The highest BCUT2D eigenvalue weighted by molar-refractivity contribution is 14.1. The zero-order valence-corrected chi connectivity index (χ0v) is 12.3. The van der Waals surface area contributed by atoms with Crippen LogP contribution < -0.4 is 0 Å². The molecule has 0 saturated carbocycles. The van der Waals surface area contributed by atoms with Crippen LogP contribution >= 0.6 is 22.6 Å². The maximum Gasteiger partial charge on any atom is 0.159 e. The average Bonchev–Trinajstić information content (AvgIpc) is 2.37.